The van der Waals surface area contributed by atoms with Crippen molar-refractivity contribution >= 4 is 11.9 Å². The highest BCUT2D eigenvalue weighted by Crippen LogP contribution is 2.07. The minimum Gasteiger partial charge on any atom is -0.480 e. The molecule has 0 rings (SSSR count). The van der Waals surface area contributed by atoms with Crippen LogP contribution in [0.3, 0.4) is 0 Å². The Morgan fingerprint density at radius 2 is 1.67 bits per heavy atom. The van der Waals surface area contributed by atoms with Crippen molar-refractivity contribution in [3.05, 3.63) is 12.2 Å². The Bertz CT molecular complexity index is 366. The summed E-state index contributed by atoms with van der Waals surface area (Å²) in [5, 5.41) is 12.1. The third kappa shape index (κ3) is 11.2. The number of carboxylic acid groups (broad SMARTS) is 1. The number of rotatable bonds is 15. The number of nitrogens with zero attached hydrogens (tertiary/aromatic N) is 1. The molecule has 0 aromatic heterocycles. The molecule has 0 aromatic carbocycles. The Hall–Kier alpha value is -1.36. The summed E-state index contributed by atoms with van der Waals surface area (Å²) >= 11 is 0. The van der Waals surface area contributed by atoms with Gasteiger partial charge < -0.3 is 10.4 Å². The average molecular weight is 341 g/mol. The molecular weight excluding hydrogens is 304 g/mol. The first-order chi connectivity index (χ1) is 11.6. The number of nitrogens with one attached hydrogen (secondary N) is 1. The van der Waals surface area contributed by atoms with Gasteiger partial charge in [-0.15, -0.1) is 0 Å². The highest BCUT2D eigenvalue weighted by Gasteiger charge is 2.22. The van der Waals surface area contributed by atoms with Gasteiger partial charge in [0.1, 0.15) is 6.04 Å². The molecule has 24 heavy (non-hydrogen) atoms. The number of allylic oxidation sites excluding steroid dienone is 1. The molecule has 1 atom stereocenters. The van der Waals surface area contributed by atoms with Crippen LogP contribution in [0.4, 0.5) is 0 Å². The van der Waals surface area contributed by atoms with Crippen LogP contribution in [-0.4, -0.2) is 47.6 Å². The van der Waals surface area contributed by atoms with Crippen LogP contribution in [0.1, 0.15) is 72.1 Å². The normalized spacial score (nSPS) is 12.7. The van der Waals surface area contributed by atoms with Gasteiger partial charge in [-0.3, -0.25) is 14.5 Å². The molecule has 1 unspecified atom stereocenters. The lowest BCUT2D eigenvalue weighted by Crippen LogP contribution is -2.43. The SMILES string of the molecule is CCCCCCCCC=CC(=O)NCCC(C(=O)O)N(CC)CC. The number of unbranched alkanes of at least 4 members (excludes halogenated alkanes) is 6. The Labute approximate surface area is 147 Å². The third-order valence-electron chi connectivity index (χ3n) is 4.25. The van der Waals surface area contributed by atoms with Gasteiger partial charge in [0, 0.05) is 6.54 Å². The maximum atomic E-state index is 11.7. The molecule has 0 aliphatic rings. The Kier molecular flexibility index (Phi) is 14.3. The predicted octanol–water partition coefficient (Wildman–Crippen LogP) is 3.59. The van der Waals surface area contributed by atoms with Gasteiger partial charge >= 0.3 is 5.97 Å². The van der Waals surface area contributed by atoms with Gasteiger partial charge in [-0.25, -0.2) is 0 Å². The summed E-state index contributed by atoms with van der Waals surface area (Å²) in [6.07, 6.45) is 12.3. The first kappa shape index (κ1) is 22.6. The summed E-state index contributed by atoms with van der Waals surface area (Å²) in [5.41, 5.74) is 0. The molecule has 2 N–H and O–H groups in total. The molecule has 0 spiro atoms. The fourth-order valence-corrected chi connectivity index (χ4v) is 2.75. The van der Waals surface area contributed by atoms with E-state index in [2.05, 4.69) is 12.2 Å². The van der Waals surface area contributed by atoms with E-state index in [1.165, 1.54) is 32.1 Å². The van der Waals surface area contributed by atoms with Crippen LogP contribution in [0.5, 0.6) is 0 Å². The summed E-state index contributed by atoms with van der Waals surface area (Å²) in [5.74, 6) is -0.962. The van der Waals surface area contributed by atoms with Crippen molar-refractivity contribution in [1.82, 2.24) is 10.2 Å². The minimum absolute atomic E-state index is 0.135. The molecule has 0 heterocycles. The standard InChI is InChI=1S/C19H36N2O3/c1-4-7-8-9-10-11-12-13-14-18(22)20-16-15-17(19(23)24)21(5-2)6-3/h13-14,17H,4-12,15-16H2,1-3H3,(H,20,22)(H,23,24). The fourth-order valence-electron chi connectivity index (χ4n) is 2.75. The number of carbonyl (C=O) groups excluding carboxylic acids is 1. The number of likely N-dealkylation sites (N-methyl/N-ethyl adjacent to an activating group) is 1. The second kappa shape index (κ2) is 15.2. The summed E-state index contributed by atoms with van der Waals surface area (Å²) in [6.45, 7) is 7.88. The second-order valence-corrected chi connectivity index (χ2v) is 6.11. The first-order valence-corrected chi connectivity index (χ1v) is 9.47. The first-order valence-electron chi connectivity index (χ1n) is 9.47. The van der Waals surface area contributed by atoms with Crippen molar-refractivity contribution in [3.63, 3.8) is 0 Å². The zero-order valence-electron chi connectivity index (χ0n) is 15.7. The molecule has 5 nitrogen and oxygen atoms in total. The zero-order valence-corrected chi connectivity index (χ0v) is 15.7. The molecule has 0 saturated heterocycles. The molecular formula is C19H36N2O3. The fraction of sp³-hybridized carbons (Fsp3) is 0.789. The van der Waals surface area contributed by atoms with Crippen LogP contribution in [0, 0.1) is 0 Å². The van der Waals surface area contributed by atoms with Crippen LogP contribution in [0.15, 0.2) is 12.2 Å². The maximum Gasteiger partial charge on any atom is 0.320 e. The van der Waals surface area contributed by atoms with Crippen LogP contribution < -0.4 is 5.32 Å². The second-order valence-electron chi connectivity index (χ2n) is 6.11. The third-order valence-corrected chi connectivity index (χ3v) is 4.25. The van der Waals surface area contributed by atoms with E-state index in [1.807, 2.05) is 24.8 Å². The predicted molar refractivity (Wildman–Crippen MR) is 99.1 cm³/mol. The zero-order chi connectivity index (χ0) is 18.2. The lowest BCUT2D eigenvalue weighted by molar-refractivity contribution is -0.143. The molecule has 0 fully saturated rings. The largest absolute Gasteiger partial charge is 0.480 e. The minimum atomic E-state index is -0.827. The topological polar surface area (TPSA) is 69.6 Å². The Morgan fingerprint density at radius 3 is 2.25 bits per heavy atom. The van der Waals surface area contributed by atoms with Crippen LogP contribution in [-0.2, 0) is 9.59 Å². The van der Waals surface area contributed by atoms with Crippen molar-refractivity contribution in [2.24, 2.45) is 0 Å². The van der Waals surface area contributed by atoms with E-state index in [1.54, 1.807) is 6.08 Å². The van der Waals surface area contributed by atoms with Crippen molar-refractivity contribution in [2.45, 2.75) is 78.2 Å². The average Bonchev–Trinajstić information content (AvgIpc) is 2.56. The van der Waals surface area contributed by atoms with Gasteiger partial charge in [0.15, 0.2) is 0 Å². The molecule has 5 heteroatoms. The van der Waals surface area contributed by atoms with Gasteiger partial charge in [0.05, 0.1) is 0 Å². The van der Waals surface area contributed by atoms with Crippen LogP contribution in [0.25, 0.3) is 0 Å². The molecule has 140 valence electrons. The molecule has 0 radical (unpaired) electrons. The number of hydrogen-bond acceptors (Lipinski definition) is 3. The monoisotopic (exact) mass is 340 g/mol. The summed E-state index contributed by atoms with van der Waals surface area (Å²) < 4.78 is 0. The lowest BCUT2D eigenvalue weighted by atomic mass is 10.1. The van der Waals surface area contributed by atoms with E-state index in [4.69, 9.17) is 0 Å². The van der Waals surface area contributed by atoms with E-state index >= 15 is 0 Å². The van der Waals surface area contributed by atoms with Crippen molar-refractivity contribution in [1.29, 1.82) is 0 Å². The van der Waals surface area contributed by atoms with E-state index in [0.29, 0.717) is 26.1 Å². The van der Waals surface area contributed by atoms with Crippen LogP contribution >= 0.6 is 0 Å². The van der Waals surface area contributed by atoms with Gasteiger partial charge in [0.25, 0.3) is 0 Å². The summed E-state index contributed by atoms with van der Waals surface area (Å²) in [4.78, 5) is 24.9. The quantitative estimate of drug-likeness (QED) is 0.353. The van der Waals surface area contributed by atoms with Gasteiger partial charge in [-0.1, -0.05) is 59.0 Å². The number of carboxylic acids is 1. The van der Waals surface area contributed by atoms with Gasteiger partial charge in [-0.2, -0.15) is 0 Å². The molecule has 0 aliphatic heterocycles. The summed E-state index contributed by atoms with van der Waals surface area (Å²) in [7, 11) is 0. The highest BCUT2D eigenvalue weighted by molar-refractivity contribution is 5.87. The lowest BCUT2D eigenvalue weighted by Gasteiger charge is -2.26. The molecule has 0 saturated carbocycles. The smallest absolute Gasteiger partial charge is 0.320 e. The van der Waals surface area contributed by atoms with E-state index < -0.39 is 12.0 Å². The number of amides is 1. The number of carbonyl (C=O) groups is 2. The van der Waals surface area contributed by atoms with Crippen molar-refractivity contribution in [3.8, 4) is 0 Å². The van der Waals surface area contributed by atoms with Gasteiger partial charge in [0.2, 0.25) is 5.91 Å². The van der Waals surface area contributed by atoms with Crippen molar-refractivity contribution < 1.29 is 14.7 Å². The van der Waals surface area contributed by atoms with E-state index in [0.717, 1.165) is 12.8 Å². The molecule has 0 aromatic rings. The molecule has 0 bridgehead atoms. The number of hydrogen-bond donors (Lipinski definition) is 2. The van der Waals surface area contributed by atoms with E-state index in [-0.39, 0.29) is 5.91 Å². The molecule has 1 amide bonds. The Morgan fingerprint density at radius 1 is 1.04 bits per heavy atom. The Balaban J connectivity index is 3.87. The number of aliphatic carboxylic acids is 1. The van der Waals surface area contributed by atoms with Crippen LogP contribution in [0.2, 0.25) is 0 Å². The van der Waals surface area contributed by atoms with Gasteiger partial charge in [-0.05, 0) is 38.4 Å². The summed E-state index contributed by atoms with van der Waals surface area (Å²) in [6, 6.07) is -0.535. The van der Waals surface area contributed by atoms with E-state index in [9.17, 15) is 14.7 Å². The molecule has 0 aliphatic carbocycles. The highest BCUT2D eigenvalue weighted by atomic mass is 16.4. The maximum absolute atomic E-state index is 11.7. The van der Waals surface area contributed by atoms with Crippen molar-refractivity contribution in [2.75, 3.05) is 19.6 Å².